The number of rotatable bonds is 3. The highest BCUT2D eigenvalue weighted by atomic mass is 32.2. The first-order valence-corrected chi connectivity index (χ1v) is 3.89. The minimum atomic E-state index is -2.65. The van der Waals surface area contributed by atoms with E-state index in [2.05, 4.69) is 30.4 Å². The summed E-state index contributed by atoms with van der Waals surface area (Å²) in [4.78, 5) is 31.8. The molecule has 1 amide bonds. The fourth-order valence-corrected chi connectivity index (χ4v) is 0.476. The molecule has 0 fully saturated rings. The predicted octanol–water partition coefficient (Wildman–Crippen LogP) is 0.0425. The minimum absolute atomic E-state index is 0.324. The standard InChI is InChI=1S/C5H7NO6S2/c1-5(2(7)8,3(9)10)12-4(11)6(13)14/h13-14H,1H3,(H,7,8)(H,9,10). The van der Waals surface area contributed by atoms with Gasteiger partial charge in [-0.05, 0) is 32.6 Å². The molecule has 7 nitrogen and oxygen atoms in total. The molecule has 80 valence electrons. The molecular weight excluding hydrogens is 234 g/mol. The summed E-state index contributed by atoms with van der Waals surface area (Å²) in [6, 6.07) is 0. The van der Waals surface area contributed by atoms with Crippen LogP contribution in [0.1, 0.15) is 6.92 Å². The van der Waals surface area contributed by atoms with Crippen LogP contribution in [0.3, 0.4) is 0 Å². The van der Waals surface area contributed by atoms with E-state index in [1.807, 2.05) is 0 Å². The molecule has 0 aromatic carbocycles. The number of hydrogen-bond acceptors (Lipinski definition) is 6. The molecule has 0 aromatic rings. The Labute approximate surface area is 89.7 Å². The van der Waals surface area contributed by atoms with Gasteiger partial charge in [0, 0.05) is 0 Å². The third-order valence-electron chi connectivity index (χ3n) is 1.27. The van der Waals surface area contributed by atoms with E-state index in [1.165, 1.54) is 0 Å². The fraction of sp³-hybridized carbons (Fsp3) is 0.400. The van der Waals surface area contributed by atoms with E-state index in [0.29, 0.717) is 3.71 Å². The van der Waals surface area contributed by atoms with E-state index >= 15 is 0 Å². The van der Waals surface area contributed by atoms with Crippen LogP contribution in [0, 0.1) is 0 Å². The third-order valence-corrected chi connectivity index (χ3v) is 1.60. The van der Waals surface area contributed by atoms with E-state index in [9.17, 15) is 14.4 Å². The van der Waals surface area contributed by atoms with Crippen molar-refractivity contribution < 1.29 is 29.3 Å². The Balaban J connectivity index is 4.80. The Morgan fingerprint density at radius 2 is 1.57 bits per heavy atom. The average molecular weight is 241 g/mol. The van der Waals surface area contributed by atoms with Crippen molar-refractivity contribution in [3.8, 4) is 0 Å². The number of carbonyl (C=O) groups excluding carboxylic acids is 1. The average Bonchev–Trinajstić information content (AvgIpc) is 2.02. The summed E-state index contributed by atoms with van der Waals surface area (Å²) in [5, 5.41) is 17.0. The van der Waals surface area contributed by atoms with E-state index in [1.54, 1.807) is 0 Å². The number of carboxylic acid groups (broad SMARTS) is 2. The van der Waals surface area contributed by atoms with Gasteiger partial charge in [-0.15, -0.1) is 0 Å². The summed E-state index contributed by atoms with van der Waals surface area (Å²) in [6.45, 7) is 0.723. The van der Waals surface area contributed by atoms with Crippen LogP contribution in [0.4, 0.5) is 4.79 Å². The number of amides is 1. The first-order valence-electron chi connectivity index (χ1n) is 3.09. The van der Waals surface area contributed by atoms with Gasteiger partial charge in [-0.1, -0.05) is 0 Å². The van der Waals surface area contributed by atoms with Crippen molar-refractivity contribution in [2.24, 2.45) is 0 Å². The summed E-state index contributed by atoms with van der Waals surface area (Å²) in [7, 11) is 0. The number of thiol groups is 2. The van der Waals surface area contributed by atoms with Gasteiger partial charge in [0.15, 0.2) is 0 Å². The minimum Gasteiger partial charge on any atom is -0.478 e. The molecule has 0 heterocycles. The number of nitrogens with zero attached hydrogens (tertiary/aromatic N) is 1. The van der Waals surface area contributed by atoms with Gasteiger partial charge in [-0.25, -0.2) is 14.4 Å². The molecule has 0 aliphatic rings. The van der Waals surface area contributed by atoms with Crippen LogP contribution in [-0.2, 0) is 14.3 Å². The van der Waals surface area contributed by atoms with E-state index in [0.717, 1.165) is 6.92 Å². The molecule has 14 heavy (non-hydrogen) atoms. The SMILES string of the molecule is CC(OC(=O)N(S)S)(C(=O)O)C(=O)O. The zero-order valence-corrected chi connectivity index (χ0v) is 8.66. The van der Waals surface area contributed by atoms with Gasteiger partial charge in [0.25, 0.3) is 0 Å². The van der Waals surface area contributed by atoms with Crippen LogP contribution >= 0.6 is 25.6 Å². The quantitative estimate of drug-likeness (QED) is 0.411. The number of carboxylic acids is 2. The Kier molecular flexibility index (Phi) is 4.08. The van der Waals surface area contributed by atoms with Gasteiger partial charge in [0.05, 0.1) is 0 Å². The highest BCUT2D eigenvalue weighted by molar-refractivity contribution is 7.94. The van der Waals surface area contributed by atoms with Crippen molar-refractivity contribution in [3.63, 3.8) is 0 Å². The molecule has 0 atom stereocenters. The molecule has 0 bridgehead atoms. The van der Waals surface area contributed by atoms with Gasteiger partial charge in [-0.2, -0.15) is 3.71 Å². The van der Waals surface area contributed by atoms with Gasteiger partial charge < -0.3 is 14.9 Å². The molecule has 0 radical (unpaired) electrons. The lowest BCUT2D eigenvalue weighted by molar-refractivity contribution is -0.173. The molecule has 0 unspecified atom stereocenters. The zero-order chi connectivity index (χ0) is 11.5. The van der Waals surface area contributed by atoms with Crippen LogP contribution in [0.2, 0.25) is 0 Å². The van der Waals surface area contributed by atoms with Crippen LogP contribution in [0.5, 0.6) is 0 Å². The smallest absolute Gasteiger partial charge is 0.431 e. The number of hydrogen-bond donors (Lipinski definition) is 4. The normalized spacial score (nSPS) is 10.5. The topological polar surface area (TPSA) is 104 Å². The van der Waals surface area contributed by atoms with Crippen molar-refractivity contribution >= 4 is 43.7 Å². The summed E-state index contributed by atoms with van der Waals surface area (Å²) in [6.07, 6.45) is -1.30. The molecule has 0 spiro atoms. The zero-order valence-electron chi connectivity index (χ0n) is 6.87. The van der Waals surface area contributed by atoms with Crippen LogP contribution in [0.15, 0.2) is 0 Å². The van der Waals surface area contributed by atoms with E-state index < -0.39 is 23.6 Å². The molecule has 0 aliphatic carbocycles. The molecule has 0 rings (SSSR count). The Hall–Kier alpha value is -1.09. The van der Waals surface area contributed by atoms with Crippen molar-refractivity contribution in [1.82, 2.24) is 3.71 Å². The molecule has 0 saturated heterocycles. The Bertz CT molecular complexity index is 263. The second-order valence-corrected chi connectivity index (χ2v) is 3.42. The molecule has 9 heteroatoms. The summed E-state index contributed by atoms with van der Waals surface area (Å²) >= 11 is 6.76. The lowest BCUT2D eigenvalue weighted by Crippen LogP contribution is -2.48. The van der Waals surface area contributed by atoms with Crippen LogP contribution in [0.25, 0.3) is 0 Å². The summed E-state index contributed by atoms with van der Waals surface area (Å²) < 4.78 is 4.48. The van der Waals surface area contributed by atoms with E-state index in [-0.39, 0.29) is 0 Å². The van der Waals surface area contributed by atoms with Crippen molar-refractivity contribution in [1.29, 1.82) is 0 Å². The fourth-order valence-electron chi connectivity index (χ4n) is 0.394. The third kappa shape index (κ3) is 2.70. The monoisotopic (exact) mass is 241 g/mol. The second kappa shape index (κ2) is 4.42. The Morgan fingerprint density at radius 1 is 1.21 bits per heavy atom. The van der Waals surface area contributed by atoms with Gasteiger partial charge in [0.2, 0.25) is 0 Å². The molecule has 2 N–H and O–H groups in total. The number of carbonyl (C=O) groups is 3. The van der Waals surface area contributed by atoms with Crippen molar-refractivity contribution in [2.45, 2.75) is 12.5 Å². The van der Waals surface area contributed by atoms with Crippen LogP contribution in [-0.4, -0.2) is 37.6 Å². The highest BCUT2D eigenvalue weighted by Gasteiger charge is 2.46. The lowest BCUT2D eigenvalue weighted by Gasteiger charge is -2.21. The van der Waals surface area contributed by atoms with Crippen molar-refractivity contribution in [3.05, 3.63) is 0 Å². The molecular formula is C5H7NO6S2. The first-order chi connectivity index (χ1) is 6.21. The van der Waals surface area contributed by atoms with E-state index in [4.69, 9.17) is 10.2 Å². The maximum Gasteiger partial charge on any atom is 0.431 e. The maximum atomic E-state index is 10.8. The Morgan fingerprint density at radius 3 is 1.79 bits per heavy atom. The number of ether oxygens (including phenoxy) is 1. The highest BCUT2D eigenvalue weighted by Crippen LogP contribution is 2.15. The summed E-state index contributed by atoms with van der Waals surface area (Å²) in [5.74, 6) is -3.61. The lowest BCUT2D eigenvalue weighted by atomic mass is 10.1. The van der Waals surface area contributed by atoms with Crippen molar-refractivity contribution in [2.75, 3.05) is 0 Å². The van der Waals surface area contributed by atoms with Crippen LogP contribution < -0.4 is 0 Å². The van der Waals surface area contributed by atoms with Gasteiger partial charge >= 0.3 is 23.6 Å². The van der Waals surface area contributed by atoms with Gasteiger partial charge in [-0.3, -0.25) is 0 Å². The number of aliphatic carboxylic acids is 2. The second-order valence-electron chi connectivity index (χ2n) is 2.30. The summed E-state index contributed by atoms with van der Waals surface area (Å²) in [5.41, 5.74) is -2.65. The molecule has 0 saturated carbocycles. The first kappa shape index (κ1) is 12.9. The molecule has 0 aromatic heterocycles. The maximum absolute atomic E-state index is 10.8. The predicted molar refractivity (Wildman–Crippen MR) is 50.0 cm³/mol. The largest absolute Gasteiger partial charge is 0.478 e. The van der Waals surface area contributed by atoms with Gasteiger partial charge in [0.1, 0.15) is 0 Å². The molecule has 0 aliphatic heterocycles.